The lowest BCUT2D eigenvalue weighted by molar-refractivity contribution is 0.165. The van der Waals surface area contributed by atoms with Crippen molar-refractivity contribution < 1.29 is 5.11 Å². The first-order chi connectivity index (χ1) is 7.61. The van der Waals surface area contributed by atoms with Crippen LogP contribution in [0.4, 0.5) is 0 Å². The maximum absolute atomic E-state index is 9.58. The van der Waals surface area contributed by atoms with Gasteiger partial charge in [-0.3, -0.25) is 0 Å². The van der Waals surface area contributed by atoms with Gasteiger partial charge in [0, 0.05) is 0 Å². The van der Waals surface area contributed by atoms with Crippen LogP contribution in [0.2, 0.25) is 0 Å². The molecule has 0 heterocycles. The van der Waals surface area contributed by atoms with Crippen LogP contribution in [0.15, 0.2) is 36.4 Å². The van der Waals surface area contributed by atoms with Crippen molar-refractivity contribution in [3.63, 3.8) is 0 Å². The fraction of sp³-hybridized carbons (Fsp3) is 0.286. The Labute approximate surface area is 108 Å². The minimum atomic E-state index is -0.536. The van der Waals surface area contributed by atoms with Gasteiger partial charge < -0.3 is 10.8 Å². The number of aryl methyl sites for hydroxylation is 1. The molecule has 92 valence electrons. The van der Waals surface area contributed by atoms with Crippen LogP contribution in [0, 0.1) is 6.92 Å². The zero-order valence-electron chi connectivity index (χ0n) is 10.1. The quantitative estimate of drug-likeness (QED) is 0.862. The number of fused-ring (bicyclic) bond motifs is 1. The summed E-state index contributed by atoms with van der Waals surface area (Å²) in [5.74, 6) is 0. The van der Waals surface area contributed by atoms with E-state index in [1.807, 2.05) is 18.2 Å². The third-order valence-corrected chi connectivity index (χ3v) is 3.05. The molecule has 0 radical (unpaired) electrons. The zero-order valence-corrected chi connectivity index (χ0v) is 10.9. The van der Waals surface area contributed by atoms with Gasteiger partial charge in [-0.25, -0.2) is 0 Å². The number of nitrogens with two attached hydrogens (primary N) is 1. The second-order valence-corrected chi connectivity index (χ2v) is 4.28. The first-order valence-corrected chi connectivity index (χ1v) is 5.53. The van der Waals surface area contributed by atoms with E-state index in [0.29, 0.717) is 0 Å². The molecule has 3 N–H and O–H groups in total. The van der Waals surface area contributed by atoms with Crippen molar-refractivity contribution in [3.8, 4) is 0 Å². The fourth-order valence-electron chi connectivity index (χ4n) is 2.02. The summed E-state index contributed by atoms with van der Waals surface area (Å²) >= 11 is 0. The Balaban J connectivity index is 0.00000144. The smallest absolute Gasteiger partial charge is 0.0704 e. The largest absolute Gasteiger partial charge is 0.391 e. The summed E-state index contributed by atoms with van der Waals surface area (Å²) < 4.78 is 0. The van der Waals surface area contributed by atoms with Crippen LogP contribution in [-0.2, 0) is 0 Å². The number of hydrogen-bond acceptors (Lipinski definition) is 2. The average molecular weight is 252 g/mol. The third kappa shape index (κ3) is 2.60. The van der Waals surface area contributed by atoms with Gasteiger partial charge in [-0.1, -0.05) is 36.4 Å². The predicted octanol–water partition coefficient (Wildman–Crippen LogP) is 2.95. The second kappa shape index (κ2) is 5.50. The molecule has 0 spiro atoms. The molecule has 0 aliphatic carbocycles. The highest BCUT2D eigenvalue weighted by atomic mass is 35.5. The van der Waals surface area contributed by atoms with E-state index in [2.05, 4.69) is 25.1 Å². The van der Waals surface area contributed by atoms with Crippen molar-refractivity contribution in [1.29, 1.82) is 0 Å². The third-order valence-electron chi connectivity index (χ3n) is 3.05. The lowest BCUT2D eigenvalue weighted by Gasteiger charge is -2.18. The molecule has 17 heavy (non-hydrogen) atoms. The van der Waals surface area contributed by atoms with Gasteiger partial charge >= 0.3 is 0 Å². The molecule has 3 heteroatoms. The van der Waals surface area contributed by atoms with Gasteiger partial charge in [-0.05, 0) is 35.7 Å². The lowest BCUT2D eigenvalue weighted by atomic mass is 9.94. The number of hydrogen-bond donors (Lipinski definition) is 2. The van der Waals surface area contributed by atoms with Crippen LogP contribution in [-0.4, -0.2) is 11.2 Å². The van der Waals surface area contributed by atoms with Gasteiger partial charge in [0.1, 0.15) is 0 Å². The molecule has 0 saturated carbocycles. The van der Waals surface area contributed by atoms with Crippen molar-refractivity contribution in [2.45, 2.75) is 26.0 Å². The Morgan fingerprint density at radius 3 is 2.24 bits per heavy atom. The van der Waals surface area contributed by atoms with Crippen molar-refractivity contribution in [2.24, 2.45) is 5.73 Å². The zero-order chi connectivity index (χ0) is 11.7. The normalized spacial score (nSPS) is 14.1. The molecular formula is C14H18ClNO. The summed E-state index contributed by atoms with van der Waals surface area (Å²) in [5.41, 5.74) is 8.25. The second-order valence-electron chi connectivity index (χ2n) is 4.28. The molecule has 0 aliphatic rings. The summed E-state index contributed by atoms with van der Waals surface area (Å²) in [6.07, 6.45) is -0.536. The lowest BCUT2D eigenvalue weighted by Crippen LogP contribution is -2.23. The molecule has 0 saturated heterocycles. The maximum Gasteiger partial charge on any atom is 0.0704 e. The molecule has 2 atom stereocenters. The van der Waals surface area contributed by atoms with Gasteiger partial charge in [0.2, 0.25) is 0 Å². The number of benzene rings is 2. The van der Waals surface area contributed by atoms with Gasteiger partial charge in [0.25, 0.3) is 0 Å². The predicted molar refractivity (Wildman–Crippen MR) is 74.5 cm³/mol. The van der Waals surface area contributed by atoms with E-state index in [-0.39, 0.29) is 18.4 Å². The minimum Gasteiger partial charge on any atom is -0.391 e. The molecule has 0 amide bonds. The first-order valence-electron chi connectivity index (χ1n) is 5.53. The van der Waals surface area contributed by atoms with Crippen LogP contribution in [0.3, 0.4) is 0 Å². The molecule has 0 aromatic heterocycles. The summed E-state index contributed by atoms with van der Waals surface area (Å²) in [6.45, 7) is 3.80. The van der Waals surface area contributed by atoms with Gasteiger partial charge in [-0.2, -0.15) is 0 Å². The number of halogens is 1. The Morgan fingerprint density at radius 2 is 1.65 bits per heavy atom. The van der Waals surface area contributed by atoms with Gasteiger partial charge in [0.05, 0.1) is 12.1 Å². The van der Waals surface area contributed by atoms with Gasteiger partial charge in [0.15, 0.2) is 0 Å². The molecule has 0 unspecified atom stereocenters. The standard InChI is InChI=1S/C14H17NO.ClH/c1-9-7-8-13(14(15)10(2)16)12-6-4-3-5-11(9)12;/h3-8,10,14,16H,15H2,1-2H3;1H/t10-,14-;/m1./s1. The fourth-order valence-corrected chi connectivity index (χ4v) is 2.02. The summed E-state index contributed by atoms with van der Waals surface area (Å²) in [4.78, 5) is 0. The molecule has 2 aromatic carbocycles. The molecule has 2 nitrogen and oxygen atoms in total. The average Bonchev–Trinajstić information content (AvgIpc) is 2.29. The highest BCUT2D eigenvalue weighted by Gasteiger charge is 2.15. The summed E-state index contributed by atoms with van der Waals surface area (Å²) in [5, 5.41) is 11.9. The minimum absolute atomic E-state index is 0. The van der Waals surface area contributed by atoms with Crippen molar-refractivity contribution in [1.82, 2.24) is 0 Å². The van der Waals surface area contributed by atoms with Gasteiger partial charge in [-0.15, -0.1) is 12.4 Å². The maximum atomic E-state index is 9.58. The highest BCUT2D eigenvalue weighted by molar-refractivity contribution is 5.88. The van der Waals surface area contributed by atoms with E-state index < -0.39 is 6.10 Å². The van der Waals surface area contributed by atoms with E-state index >= 15 is 0 Å². The molecule has 0 fully saturated rings. The van der Waals surface area contributed by atoms with E-state index in [1.54, 1.807) is 6.92 Å². The van der Waals surface area contributed by atoms with Crippen LogP contribution >= 0.6 is 12.4 Å². The molecule has 2 rings (SSSR count). The molecular weight excluding hydrogens is 234 g/mol. The SMILES string of the molecule is Cc1ccc([C@H](N)[C@@H](C)O)c2ccccc12.Cl. The van der Waals surface area contributed by atoms with Crippen molar-refractivity contribution >= 4 is 23.2 Å². The van der Waals surface area contributed by atoms with Crippen molar-refractivity contribution in [3.05, 3.63) is 47.5 Å². The number of aliphatic hydroxyl groups excluding tert-OH is 1. The summed E-state index contributed by atoms with van der Waals surface area (Å²) in [6, 6.07) is 11.9. The Hall–Kier alpha value is -1.09. The summed E-state index contributed by atoms with van der Waals surface area (Å²) in [7, 11) is 0. The van der Waals surface area contributed by atoms with E-state index in [4.69, 9.17) is 5.73 Å². The monoisotopic (exact) mass is 251 g/mol. The molecule has 0 aliphatic heterocycles. The van der Waals surface area contributed by atoms with E-state index in [1.165, 1.54) is 10.9 Å². The van der Waals surface area contributed by atoms with Crippen LogP contribution in [0.1, 0.15) is 24.1 Å². The van der Waals surface area contributed by atoms with E-state index in [9.17, 15) is 5.11 Å². The Morgan fingerprint density at radius 1 is 1.06 bits per heavy atom. The van der Waals surface area contributed by atoms with Crippen molar-refractivity contribution in [2.75, 3.05) is 0 Å². The molecule has 2 aromatic rings. The van der Waals surface area contributed by atoms with Crippen LogP contribution in [0.5, 0.6) is 0 Å². The van der Waals surface area contributed by atoms with E-state index in [0.717, 1.165) is 10.9 Å². The van der Waals surface area contributed by atoms with Crippen LogP contribution < -0.4 is 5.73 Å². The Kier molecular flexibility index (Phi) is 4.52. The Bertz CT molecular complexity index is 511. The molecule has 0 bridgehead atoms. The first kappa shape index (κ1) is 14.0. The topological polar surface area (TPSA) is 46.2 Å². The highest BCUT2D eigenvalue weighted by Crippen LogP contribution is 2.27. The van der Waals surface area contributed by atoms with Crippen LogP contribution in [0.25, 0.3) is 10.8 Å². The number of rotatable bonds is 2. The number of aliphatic hydroxyl groups is 1.